The lowest BCUT2D eigenvalue weighted by molar-refractivity contribution is -0.139. The average Bonchev–Trinajstić information content (AvgIpc) is 3.00. The smallest absolute Gasteiger partial charge is 0.316 e. The van der Waals surface area contributed by atoms with E-state index in [4.69, 9.17) is 4.74 Å². The molecule has 0 unspecified atom stereocenters. The molecular weight excluding hydrogens is 372 g/mol. The third kappa shape index (κ3) is 3.61. The van der Waals surface area contributed by atoms with E-state index in [2.05, 4.69) is 4.98 Å². The Labute approximate surface area is 156 Å². The molecule has 6 nitrogen and oxygen atoms in total. The van der Waals surface area contributed by atoms with Crippen LogP contribution in [-0.4, -0.2) is 35.7 Å². The molecular formula is C18H18N2O4S2. The number of ether oxygens (including phenoxy) is 1. The predicted molar refractivity (Wildman–Crippen MR) is 101 cm³/mol. The highest BCUT2D eigenvalue weighted by atomic mass is 32.2. The van der Waals surface area contributed by atoms with Crippen LogP contribution in [0.1, 0.15) is 12.5 Å². The lowest BCUT2D eigenvalue weighted by atomic mass is 10.2. The summed E-state index contributed by atoms with van der Waals surface area (Å²) in [6, 6.07) is 13.6. The number of rotatable bonds is 6. The molecule has 8 heteroatoms. The van der Waals surface area contributed by atoms with Crippen molar-refractivity contribution < 1.29 is 17.9 Å². The minimum Gasteiger partial charge on any atom is -0.465 e. The van der Waals surface area contributed by atoms with E-state index >= 15 is 0 Å². The normalized spacial score (nSPS) is 11.6. The number of benzene rings is 2. The van der Waals surface area contributed by atoms with Gasteiger partial charge in [-0.15, -0.1) is 0 Å². The van der Waals surface area contributed by atoms with Crippen LogP contribution in [0.25, 0.3) is 11.0 Å². The zero-order chi connectivity index (χ0) is 18.7. The molecule has 0 fully saturated rings. The van der Waals surface area contributed by atoms with Gasteiger partial charge in [-0.1, -0.05) is 41.6 Å². The molecule has 0 N–H and O–H groups in total. The number of aromatic nitrogens is 2. The van der Waals surface area contributed by atoms with E-state index < -0.39 is 16.0 Å². The minimum atomic E-state index is -3.85. The van der Waals surface area contributed by atoms with E-state index in [9.17, 15) is 13.2 Å². The van der Waals surface area contributed by atoms with Crippen molar-refractivity contribution in [2.75, 3.05) is 12.4 Å². The van der Waals surface area contributed by atoms with Crippen molar-refractivity contribution in [1.82, 2.24) is 8.96 Å². The molecule has 0 spiro atoms. The highest BCUT2D eigenvalue weighted by Gasteiger charge is 2.25. The summed E-state index contributed by atoms with van der Waals surface area (Å²) in [5, 5.41) is 0.236. The summed E-state index contributed by atoms with van der Waals surface area (Å²) in [5.74, 6) is -0.426. The molecule has 0 saturated carbocycles. The molecule has 136 valence electrons. The fourth-order valence-corrected chi connectivity index (χ4v) is 4.96. The standard InChI is InChI=1S/C18H18N2O4S2/c1-3-24-17(21)12-25-18-19-15-6-4-5-7-16(15)20(18)26(22,23)14-10-8-13(2)9-11-14/h4-11H,3,12H2,1-2H3. The molecule has 0 aliphatic carbocycles. The quantitative estimate of drug-likeness (QED) is 0.475. The zero-order valence-electron chi connectivity index (χ0n) is 14.4. The first-order valence-electron chi connectivity index (χ1n) is 8.01. The van der Waals surface area contributed by atoms with Crippen LogP contribution in [0.4, 0.5) is 0 Å². The van der Waals surface area contributed by atoms with E-state index in [0.29, 0.717) is 11.0 Å². The van der Waals surface area contributed by atoms with Gasteiger partial charge in [0, 0.05) is 0 Å². The maximum Gasteiger partial charge on any atom is 0.316 e. The second-order valence-electron chi connectivity index (χ2n) is 5.56. The van der Waals surface area contributed by atoms with E-state index in [1.807, 2.05) is 6.92 Å². The first kappa shape index (κ1) is 18.5. The molecule has 1 heterocycles. The summed E-state index contributed by atoms with van der Waals surface area (Å²) >= 11 is 1.04. The molecule has 0 aliphatic heterocycles. The van der Waals surface area contributed by atoms with Crippen LogP contribution in [0.3, 0.4) is 0 Å². The number of para-hydroxylation sites is 2. The molecule has 0 saturated heterocycles. The molecule has 26 heavy (non-hydrogen) atoms. The van der Waals surface area contributed by atoms with E-state index in [1.54, 1.807) is 55.5 Å². The first-order valence-corrected chi connectivity index (χ1v) is 10.4. The predicted octanol–water partition coefficient (Wildman–Crippen LogP) is 3.24. The number of carbonyl (C=O) groups is 1. The molecule has 1 aromatic heterocycles. The molecule has 2 aromatic carbocycles. The summed E-state index contributed by atoms with van der Waals surface area (Å²) in [6.45, 7) is 3.89. The van der Waals surface area contributed by atoms with Gasteiger partial charge in [0.2, 0.25) is 0 Å². The number of thioether (sulfide) groups is 1. The van der Waals surface area contributed by atoms with Gasteiger partial charge in [-0.2, -0.15) is 0 Å². The van der Waals surface area contributed by atoms with Crippen molar-refractivity contribution in [3.63, 3.8) is 0 Å². The topological polar surface area (TPSA) is 78.3 Å². The van der Waals surface area contributed by atoms with Crippen molar-refractivity contribution >= 4 is 38.8 Å². The van der Waals surface area contributed by atoms with Crippen LogP contribution < -0.4 is 0 Å². The van der Waals surface area contributed by atoms with Gasteiger partial charge in [0.25, 0.3) is 10.0 Å². The third-order valence-electron chi connectivity index (χ3n) is 3.67. The summed E-state index contributed by atoms with van der Waals surface area (Å²) in [7, 11) is -3.85. The van der Waals surface area contributed by atoms with Crippen LogP contribution in [0.15, 0.2) is 58.6 Å². The molecule has 0 amide bonds. The van der Waals surface area contributed by atoms with Crippen LogP contribution in [-0.2, 0) is 19.6 Å². The number of hydrogen-bond acceptors (Lipinski definition) is 6. The van der Waals surface area contributed by atoms with Crippen LogP contribution in [0, 0.1) is 6.92 Å². The summed E-state index contributed by atoms with van der Waals surface area (Å²) in [4.78, 5) is 16.2. The lowest BCUT2D eigenvalue weighted by Gasteiger charge is -2.10. The Balaban J connectivity index is 2.09. The third-order valence-corrected chi connectivity index (χ3v) is 6.42. The Kier molecular flexibility index (Phi) is 5.33. The molecule has 3 rings (SSSR count). The molecule has 0 bridgehead atoms. The first-order chi connectivity index (χ1) is 12.4. The van der Waals surface area contributed by atoms with Crippen molar-refractivity contribution in [2.45, 2.75) is 23.9 Å². The summed E-state index contributed by atoms with van der Waals surface area (Å²) < 4.78 is 32.5. The van der Waals surface area contributed by atoms with Crippen LogP contribution >= 0.6 is 11.8 Å². The van der Waals surface area contributed by atoms with E-state index in [0.717, 1.165) is 17.3 Å². The second-order valence-corrected chi connectivity index (χ2v) is 8.29. The second kappa shape index (κ2) is 7.51. The van der Waals surface area contributed by atoms with E-state index in [-0.39, 0.29) is 22.4 Å². The van der Waals surface area contributed by atoms with Crippen molar-refractivity contribution in [3.05, 3.63) is 54.1 Å². The number of nitrogens with zero attached hydrogens (tertiary/aromatic N) is 2. The Bertz CT molecular complexity index is 1040. The monoisotopic (exact) mass is 390 g/mol. The van der Waals surface area contributed by atoms with Crippen molar-refractivity contribution in [1.29, 1.82) is 0 Å². The van der Waals surface area contributed by atoms with Gasteiger partial charge in [0.15, 0.2) is 5.16 Å². The van der Waals surface area contributed by atoms with Gasteiger partial charge in [-0.3, -0.25) is 4.79 Å². The van der Waals surface area contributed by atoms with Crippen molar-refractivity contribution in [2.24, 2.45) is 0 Å². The van der Waals surface area contributed by atoms with Crippen LogP contribution in [0.5, 0.6) is 0 Å². The number of fused-ring (bicyclic) bond motifs is 1. The largest absolute Gasteiger partial charge is 0.465 e. The average molecular weight is 390 g/mol. The maximum atomic E-state index is 13.2. The number of carbonyl (C=O) groups excluding carboxylic acids is 1. The van der Waals surface area contributed by atoms with Gasteiger partial charge in [-0.05, 0) is 38.1 Å². The fourth-order valence-electron chi connectivity index (χ4n) is 2.45. The summed E-state index contributed by atoms with van der Waals surface area (Å²) in [5.41, 5.74) is 1.99. The molecule has 0 aliphatic rings. The maximum absolute atomic E-state index is 13.2. The van der Waals surface area contributed by atoms with Gasteiger partial charge in [-0.25, -0.2) is 17.4 Å². The highest BCUT2D eigenvalue weighted by molar-refractivity contribution is 8.00. The Morgan fingerprint density at radius 3 is 2.54 bits per heavy atom. The number of aryl methyl sites for hydroxylation is 1. The Hall–Kier alpha value is -2.32. The Morgan fingerprint density at radius 2 is 1.85 bits per heavy atom. The van der Waals surface area contributed by atoms with Crippen LogP contribution in [0.2, 0.25) is 0 Å². The Morgan fingerprint density at radius 1 is 1.15 bits per heavy atom. The summed E-state index contributed by atoms with van der Waals surface area (Å²) in [6.07, 6.45) is 0. The number of esters is 1. The van der Waals surface area contributed by atoms with E-state index in [1.165, 1.54) is 3.97 Å². The lowest BCUT2D eigenvalue weighted by Crippen LogP contribution is -2.15. The van der Waals surface area contributed by atoms with Gasteiger partial charge >= 0.3 is 5.97 Å². The zero-order valence-corrected chi connectivity index (χ0v) is 16.0. The number of imidazole rings is 1. The molecule has 0 radical (unpaired) electrons. The minimum absolute atomic E-state index is 0.0133. The number of hydrogen-bond donors (Lipinski definition) is 0. The van der Waals surface area contributed by atoms with Crippen molar-refractivity contribution in [3.8, 4) is 0 Å². The SMILES string of the molecule is CCOC(=O)CSc1nc2ccccc2n1S(=O)(=O)c1ccc(C)cc1. The highest BCUT2D eigenvalue weighted by Crippen LogP contribution is 2.29. The van der Waals surface area contributed by atoms with Gasteiger partial charge in [0.05, 0.1) is 28.3 Å². The molecule has 3 aromatic rings. The fraction of sp³-hybridized carbons (Fsp3) is 0.222. The molecule has 0 atom stereocenters. The van der Waals surface area contributed by atoms with Gasteiger partial charge in [0.1, 0.15) is 0 Å². The van der Waals surface area contributed by atoms with Gasteiger partial charge < -0.3 is 4.74 Å².